The minimum atomic E-state index is -1.83. The molecule has 0 heterocycles. The molecule has 5 heteroatoms. The lowest BCUT2D eigenvalue weighted by molar-refractivity contribution is -0.152. The number of ether oxygens (including phenoxy) is 1. The summed E-state index contributed by atoms with van der Waals surface area (Å²) in [6.45, 7) is 21.6. The van der Waals surface area contributed by atoms with E-state index in [-0.39, 0.29) is 27.8 Å². The molecule has 7 atom stereocenters. The Balaban J connectivity index is 1.89. The molecule has 3 rings (SSSR count). The molecule has 3 fully saturated rings. The second-order valence-corrected chi connectivity index (χ2v) is 18.6. The molecule has 0 amide bonds. The fourth-order valence-corrected chi connectivity index (χ4v) is 8.28. The molecule has 33 heavy (non-hydrogen) atoms. The Labute approximate surface area is 204 Å². The van der Waals surface area contributed by atoms with Crippen molar-refractivity contribution in [3.05, 3.63) is 0 Å². The minimum absolute atomic E-state index is 0.159. The van der Waals surface area contributed by atoms with E-state index in [0.717, 1.165) is 31.8 Å². The Kier molecular flexibility index (Phi) is 7.67. The van der Waals surface area contributed by atoms with Crippen molar-refractivity contribution in [1.29, 1.82) is 0 Å². The average molecular weight is 479 g/mol. The second-order valence-electron chi connectivity index (χ2n) is 13.8. The van der Waals surface area contributed by atoms with Crippen LogP contribution in [0.4, 0.5) is 0 Å². The van der Waals surface area contributed by atoms with Gasteiger partial charge in [-0.05, 0) is 79.3 Å². The molecule has 0 N–H and O–H groups in total. The topological polar surface area (TPSA) is 52.6 Å². The summed E-state index contributed by atoms with van der Waals surface area (Å²) in [5, 5.41) is 0.207. The predicted octanol–water partition coefficient (Wildman–Crippen LogP) is 7.03. The smallest absolute Gasteiger partial charge is 0.302 e. The summed E-state index contributed by atoms with van der Waals surface area (Å²) in [7, 11) is -1.83. The van der Waals surface area contributed by atoms with Gasteiger partial charge < -0.3 is 9.16 Å². The molecular formula is C28H50O4Si. The van der Waals surface area contributed by atoms with Gasteiger partial charge in [0.15, 0.2) is 8.32 Å². The molecular weight excluding hydrogens is 428 g/mol. The van der Waals surface area contributed by atoms with Crippen LogP contribution in [0.3, 0.4) is 0 Å². The Morgan fingerprint density at radius 1 is 1.06 bits per heavy atom. The molecule has 3 saturated carbocycles. The third kappa shape index (κ3) is 5.15. The summed E-state index contributed by atoms with van der Waals surface area (Å²) in [4.78, 5) is 24.7. The van der Waals surface area contributed by atoms with E-state index >= 15 is 0 Å². The van der Waals surface area contributed by atoms with Crippen molar-refractivity contribution in [1.82, 2.24) is 0 Å². The van der Waals surface area contributed by atoms with Crippen molar-refractivity contribution < 1.29 is 18.8 Å². The maximum Gasteiger partial charge on any atom is 0.302 e. The molecule has 3 aliphatic rings. The number of esters is 1. The van der Waals surface area contributed by atoms with Gasteiger partial charge in [0.2, 0.25) is 0 Å². The van der Waals surface area contributed by atoms with E-state index in [2.05, 4.69) is 54.6 Å². The third-order valence-electron chi connectivity index (χ3n) is 10.7. The average Bonchev–Trinajstić information content (AvgIpc) is 3.01. The molecule has 0 aliphatic heterocycles. The van der Waals surface area contributed by atoms with Gasteiger partial charge in [-0.25, -0.2) is 0 Å². The van der Waals surface area contributed by atoms with Crippen LogP contribution in [0, 0.1) is 40.4 Å². The lowest BCUT2D eigenvalue weighted by Crippen LogP contribution is -2.53. The number of rotatable bonds is 6. The molecule has 0 spiro atoms. The Bertz CT molecular complexity index is 741. The fraction of sp³-hybridized carbons (Fsp3) is 0.929. The molecule has 0 radical (unpaired) electrons. The van der Waals surface area contributed by atoms with Crippen molar-refractivity contribution in [3.63, 3.8) is 0 Å². The van der Waals surface area contributed by atoms with Crippen LogP contribution < -0.4 is 0 Å². The first-order valence-electron chi connectivity index (χ1n) is 13.4. The molecule has 0 aromatic heterocycles. The van der Waals surface area contributed by atoms with Gasteiger partial charge >= 0.3 is 5.97 Å². The van der Waals surface area contributed by atoms with Crippen LogP contribution in [0.2, 0.25) is 18.1 Å². The van der Waals surface area contributed by atoms with Crippen LogP contribution in [-0.4, -0.2) is 33.3 Å². The fourth-order valence-electron chi connectivity index (χ4n) is 7.23. The number of ketones is 1. The van der Waals surface area contributed by atoms with E-state index < -0.39 is 8.32 Å². The molecule has 3 aliphatic carbocycles. The van der Waals surface area contributed by atoms with E-state index in [4.69, 9.17) is 9.16 Å². The zero-order valence-corrected chi connectivity index (χ0v) is 23.9. The summed E-state index contributed by atoms with van der Waals surface area (Å²) in [5.74, 6) is 2.54. The van der Waals surface area contributed by atoms with Gasteiger partial charge in [0.05, 0.1) is 6.61 Å². The highest BCUT2D eigenvalue weighted by Crippen LogP contribution is 2.61. The van der Waals surface area contributed by atoms with Crippen molar-refractivity contribution in [2.45, 2.75) is 112 Å². The van der Waals surface area contributed by atoms with Crippen LogP contribution in [0.15, 0.2) is 0 Å². The lowest BCUT2D eigenvalue weighted by atomic mass is 9.49. The Morgan fingerprint density at radius 3 is 2.33 bits per heavy atom. The maximum atomic E-state index is 12.9. The summed E-state index contributed by atoms with van der Waals surface area (Å²) in [5.41, 5.74) is -0.0700. The summed E-state index contributed by atoms with van der Waals surface area (Å²) in [6.07, 6.45) is 7.36. The largest absolute Gasteiger partial charge is 0.466 e. The van der Waals surface area contributed by atoms with Gasteiger partial charge in [-0.3, -0.25) is 9.59 Å². The van der Waals surface area contributed by atoms with Gasteiger partial charge in [-0.15, -0.1) is 0 Å². The zero-order chi connectivity index (χ0) is 24.8. The monoisotopic (exact) mass is 478 g/mol. The van der Waals surface area contributed by atoms with Crippen LogP contribution >= 0.6 is 0 Å². The van der Waals surface area contributed by atoms with Crippen LogP contribution in [-0.2, 0) is 18.8 Å². The Hall–Kier alpha value is -0.683. The third-order valence-corrected chi connectivity index (χ3v) is 15.2. The number of Topliss-reactive ketones (excluding diaryl/α,β-unsaturated/α-hetero) is 1. The van der Waals surface area contributed by atoms with E-state index in [1.54, 1.807) is 0 Å². The standard InChI is InChI=1S/C28H50O4Si/c1-19-12-14-27(6,21(16-19)17-32-33(8,9)26(3,4)5)24-13-15-28(7)23(10-11-25(28)30)22(24)18-31-20(2)29/h19,21-24H,10-18H2,1-9H3/t19-,21+,22-,23-,24-,27-,28-/m0/s1. The summed E-state index contributed by atoms with van der Waals surface area (Å²) in [6, 6.07) is 0. The van der Waals surface area contributed by atoms with Gasteiger partial charge in [0.25, 0.3) is 0 Å². The van der Waals surface area contributed by atoms with Gasteiger partial charge in [0.1, 0.15) is 5.78 Å². The number of hydrogen-bond donors (Lipinski definition) is 0. The summed E-state index contributed by atoms with van der Waals surface area (Å²) < 4.78 is 12.5. The van der Waals surface area contributed by atoms with Crippen molar-refractivity contribution in [2.24, 2.45) is 40.4 Å². The molecule has 0 aromatic rings. The first-order chi connectivity index (χ1) is 15.1. The zero-order valence-electron chi connectivity index (χ0n) is 22.9. The highest BCUT2D eigenvalue weighted by atomic mass is 28.4. The van der Waals surface area contributed by atoms with Crippen molar-refractivity contribution in [2.75, 3.05) is 13.2 Å². The highest BCUT2D eigenvalue weighted by molar-refractivity contribution is 6.74. The number of hydrogen-bond acceptors (Lipinski definition) is 4. The van der Waals surface area contributed by atoms with Gasteiger partial charge in [-0.1, -0.05) is 48.0 Å². The lowest BCUT2D eigenvalue weighted by Gasteiger charge is -2.56. The SMILES string of the molecule is CC(=O)OC[C@@H]1[C@@H]([C@@]2(C)CC[C@H](C)C[C@@H]2CO[Si](C)(C)C(C)(C)C)CC[C@]2(C)C(=O)CC[C@@H]12. The normalized spacial score (nSPS) is 39.9. The molecule has 0 unspecified atom stereocenters. The second kappa shape index (κ2) is 9.41. The van der Waals surface area contributed by atoms with E-state index in [9.17, 15) is 9.59 Å². The van der Waals surface area contributed by atoms with E-state index in [1.165, 1.54) is 26.2 Å². The van der Waals surface area contributed by atoms with E-state index in [1.807, 2.05) is 0 Å². The quantitative estimate of drug-likeness (QED) is 0.304. The number of fused-ring (bicyclic) bond motifs is 1. The Morgan fingerprint density at radius 2 is 1.73 bits per heavy atom. The van der Waals surface area contributed by atoms with Gasteiger partial charge in [-0.2, -0.15) is 0 Å². The van der Waals surface area contributed by atoms with E-state index in [0.29, 0.717) is 36.6 Å². The summed E-state index contributed by atoms with van der Waals surface area (Å²) >= 11 is 0. The molecule has 0 saturated heterocycles. The molecule has 0 aromatic carbocycles. The molecule has 0 bridgehead atoms. The first kappa shape index (κ1) is 26.9. The number of carbonyl (C=O) groups is 2. The van der Waals surface area contributed by atoms with Crippen molar-refractivity contribution >= 4 is 20.1 Å². The van der Waals surface area contributed by atoms with Crippen LogP contribution in [0.5, 0.6) is 0 Å². The molecule has 190 valence electrons. The minimum Gasteiger partial charge on any atom is -0.466 e. The predicted molar refractivity (Wildman–Crippen MR) is 136 cm³/mol. The van der Waals surface area contributed by atoms with Crippen molar-refractivity contribution in [3.8, 4) is 0 Å². The van der Waals surface area contributed by atoms with Crippen LogP contribution in [0.25, 0.3) is 0 Å². The van der Waals surface area contributed by atoms with Gasteiger partial charge in [0, 0.05) is 31.3 Å². The maximum absolute atomic E-state index is 12.9. The number of carbonyl (C=O) groups excluding carboxylic acids is 2. The highest BCUT2D eigenvalue weighted by Gasteiger charge is 2.58. The first-order valence-corrected chi connectivity index (χ1v) is 16.3. The van der Waals surface area contributed by atoms with Crippen LogP contribution in [0.1, 0.15) is 93.4 Å². The molecule has 4 nitrogen and oxygen atoms in total.